The molecular weight excluding hydrogens is 358 g/mol. The van der Waals surface area contributed by atoms with Crippen LogP contribution in [0.15, 0.2) is 54.6 Å². The molecule has 27 heavy (non-hydrogen) atoms. The van der Waals surface area contributed by atoms with E-state index in [1.807, 2.05) is 68.6 Å². The smallest absolute Gasteiger partial charge is 0.240 e. The van der Waals surface area contributed by atoms with Crippen molar-refractivity contribution >= 4 is 23.8 Å². The number of likely N-dealkylation sites (N-methyl/N-ethyl adjacent to an activating group) is 1. The van der Waals surface area contributed by atoms with Gasteiger partial charge in [-0.3, -0.25) is 14.5 Å². The van der Waals surface area contributed by atoms with E-state index >= 15 is 0 Å². The van der Waals surface area contributed by atoms with Gasteiger partial charge in [-0.1, -0.05) is 48.0 Å². The van der Waals surface area contributed by atoms with Crippen LogP contribution in [0, 0.1) is 11.7 Å². The summed E-state index contributed by atoms with van der Waals surface area (Å²) in [6.45, 7) is 3.43. The van der Waals surface area contributed by atoms with Crippen LogP contribution in [0.5, 0.6) is 0 Å². The first-order chi connectivity index (χ1) is 13.0. The van der Waals surface area contributed by atoms with Crippen molar-refractivity contribution in [3.63, 3.8) is 0 Å². The highest BCUT2D eigenvalue weighted by molar-refractivity contribution is 7.71. The molecule has 2 aromatic carbocycles. The van der Waals surface area contributed by atoms with Gasteiger partial charge in [0.2, 0.25) is 5.91 Å². The van der Waals surface area contributed by atoms with Crippen LogP contribution >= 0.6 is 12.2 Å². The Balaban J connectivity index is 1.59. The number of amides is 1. The van der Waals surface area contributed by atoms with Crippen molar-refractivity contribution in [2.24, 2.45) is 0 Å². The summed E-state index contributed by atoms with van der Waals surface area (Å²) in [5.41, 5.74) is 3.20. The van der Waals surface area contributed by atoms with Crippen LogP contribution in [0.4, 0.5) is 5.69 Å². The van der Waals surface area contributed by atoms with Gasteiger partial charge in [-0.15, -0.1) is 0 Å². The quantitative estimate of drug-likeness (QED) is 0.617. The number of nitrogens with one attached hydrogen (secondary N) is 2. The van der Waals surface area contributed by atoms with Crippen molar-refractivity contribution in [3.8, 4) is 11.4 Å². The monoisotopic (exact) mass is 381 g/mol. The van der Waals surface area contributed by atoms with Crippen molar-refractivity contribution in [3.05, 3.63) is 64.9 Å². The Kier molecular flexibility index (Phi) is 6.03. The molecule has 3 aromatic rings. The molecule has 0 aliphatic rings. The maximum atomic E-state index is 12.4. The third-order valence-electron chi connectivity index (χ3n) is 4.34. The zero-order chi connectivity index (χ0) is 19.2. The molecule has 0 aliphatic carbocycles. The molecule has 7 heteroatoms. The number of nitrogens with zero attached hydrogens (tertiary/aromatic N) is 3. The SMILES string of the molecule is Cc1ccc(-c2n[nH]c(=S)n2CC(=O)NCCN(C)c2ccccc2)cc1. The zero-order valence-corrected chi connectivity index (χ0v) is 16.3. The van der Waals surface area contributed by atoms with Crippen molar-refractivity contribution in [1.82, 2.24) is 20.1 Å². The molecule has 0 saturated carbocycles. The number of carbonyl (C=O) groups excluding carboxylic acids is 1. The highest BCUT2D eigenvalue weighted by Gasteiger charge is 2.12. The second kappa shape index (κ2) is 8.64. The number of H-pyrrole nitrogens is 1. The van der Waals surface area contributed by atoms with E-state index in [4.69, 9.17) is 12.2 Å². The summed E-state index contributed by atoms with van der Waals surface area (Å²) < 4.78 is 2.15. The summed E-state index contributed by atoms with van der Waals surface area (Å²) in [5, 5.41) is 10.0. The minimum atomic E-state index is -0.0951. The third kappa shape index (κ3) is 4.83. The second-order valence-corrected chi connectivity index (χ2v) is 6.80. The van der Waals surface area contributed by atoms with Crippen LogP contribution in [-0.2, 0) is 11.3 Å². The maximum Gasteiger partial charge on any atom is 0.240 e. The molecule has 0 fully saturated rings. The summed E-state index contributed by atoms with van der Waals surface area (Å²) in [4.78, 5) is 14.5. The molecule has 0 saturated heterocycles. The predicted molar refractivity (Wildman–Crippen MR) is 110 cm³/mol. The predicted octanol–water partition coefficient (Wildman–Crippen LogP) is 3.17. The average molecular weight is 382 g/mol. The van der Waals surface area contributed by atoms with E-state index in [1.165, 1.54) is 5.56 Å². The van der Waals surface area contributed by atoms with Crippen molar-refractivity contribution in [2.75, 3.05) is 25.0 Å². The van der Waals surface area contributed by atoms with Crippen LogP contribution in [-0.4, -0.2) is 40.8 Å². The molecule has 0 atom stereocenters. The zero-order valence-electron chi connectivity index (χ0n) is 15.5. The summed E-state index contributed by atoms with van der Waals surface area (Å²) in [7, 11) is 2.00. The van der Waals surface area contributed by atoms with Crippen LogP contribution in [0.1, 0.15) is 5.56 Å². The Morgan fingerprint density at radius 2 is 1.89 bits per heavy atom. The highest BCUT2D eigenvalue weighted by atomic mass is 32.1. The first kappa shape index (κ1) is 18.8. The van der Waals surface area contributed by atoms with E-state index in [1.54, 1.807) is 4.57 Å². The number of carbonyl (C=O) groups is 1. The topological polar surface area (TPSA) is 66.0 Å². The Morgan fingerprint density at radius 1 is 1.19 bits per heavy atom. The molecule has 3 rings (SSSR count). The Hall–Kier alpha value is -2.93. The van der Waals surface area contributed by atoms with E-state index in [2.05, 4.69) is 20.4 Å². The van der Waals surface area contributed by atoms with E-state index in [9.17, 15) is 4.79 Å². The summed E-state index contributed by atoms with van der Waals surface area (Å²) >= 11 is 5.29. The van der Waals surface area contributed by atoms with Gasteiger partial charge in [0, 0.05) is 31.4 Å². The van der Waals surface area contributed by atoms with Gasteiger partial charge in [0.25, 0.3) is 0 Å². The number of hydrogen-bond acceptors (Lipinski definition) is 4. The molecule has 0 bridgehead atoms. The molecule has 0 aliphatic heterocycles. The maximum absolute atomic E-state index is 12.4. The van der Waals surface area contributed by atoms with Crippen molar-refractivity contribution in [2.45, 2.75) is 13.5 Å². The van der Waals surface area contributed by atoms with Gasteiger partial charge in [0.15, 0.2) is 10.6 Å². The molecule has 1 aromatic heterocycles. The molecular formula is C20H23N5OS. The van der Waals surface area contributed by atoms with Crippen LogP contribution in [0.3, 0.4) is 0 Å². The summed E-state index contributed by atoms with van der Waals surface area (Å²) in [6.07, 6.45) is 0. The second-order valence-electron chi connectivity index (χ2n) is 6.41. The van der Waals surface area contributed by atoms with Gasteiger partial charge in [-0.25, -0.2) is 0 Å². The molecule has 1 amide bonds. The van der Waals surface area contributed by atoms with Gasteiger partial charge >= 0.3 is 0 Å². The lowest BCUT2D eigenvalue weighted by molar-refractivity contribution is -0.121. The van der Waals surface area contributed by atoms with E-state index in [-0.39, 0.29) is 12.5 Å². The lowest BCUT2D eigenvalue weighted by Crippen LogP contribution is -2.35. The van der Waals surface area contributed by atoms with E-state index in [0.717, 1.165) is 17.8 Å². The van der Waals surface area contributed by atoms with Gasteiger partial charge in [-0.05, 0) is 31.3 Å². The van der Waals surface area contributed by atoms with Crippen LogP contribution in [0.2, 0.25) is 0 Å². The van der Waals surface area contributed by atoms with Gasteiger partial charge in [-0.2, -0.15) is 5.10 Å². The number of rotatable bonds is 7. The lowest BCUT2D eigenvalue weighted by atomic mass is 10.1. The number of aromatic nitrogens is 3. The largest absolute Gasteiger partial charge is 0.373 e. The Morgan fingerprint density at radius 3 is 2.59 bits per heavy atom. The summed E-state index contributed by atoms with van der Waals surface area (Å²) in [6, 6.07) is 18.0. The van der Waals surface area contributed by atoms with Gasteiger partial charge < -0.3 is 10.2 Å². The fourth-order valence-electron chi connectivity index (χ4n) is 2.76. The number of benzene rings is 2. The molecule has 1 heterocycles. The third-order valence-corrected chi connectivity index (χ3v) is 4.65. The number of anilines is 1. The van der Waals surface area contributed by atoms with E-state index < -0.39 is 0 Å². The van der Waals surface area contributed by atoms with Gasteiger partial charge in [0.05, 0.1) is 0 Å². The number of para-hydroxylation sites is 1. The molecule has 0 radical (unpaired) electrons. The number of hydrogen-bond donors (Lipinski definition) is 2. The molecule has 140 valence electrons. The van der Waals surface area contributed by atoms with Crippen molar-refractivity contribution < 1.29 is 4.79 Å². The highest BCUT2D eigenvalue weighted by Crippen LogP contribution is 2.17. The minimum Gasteiger partial charge on any atom is -0.373 e. The summed E-state index contributed by atoms with van der Waals surface area (Å²) in [5.74, 6) is 0.568. The molecule has 6 nitrogen and oxygen atoms in total. The number of aryl methyl sites for hydroxylation is 1. The standard InChI is InChI=1S/C20H23N5OS/c1-15-8-10-16(11-9-15)19-22-23-20(27)25(19)14-18(26)21-12-13-24(2)17-6-4-3-5-7-17/h3-11H,12-14H2,1-2H3,(H,21,26)(H,23,27). The normalized spacial score (nSPS) is 10.6. The molecule has 2 N–H and O–H groups in total. The minimum absolute atomic E-state index is 0.0951. The fraction of sp³-hybridized carbons (Fsp3) is 0.250. The first-order valence-electron chi connectivity index (χ1n) is 8.80. The number of aromatic amines is 1. The average Bonchev–Trinajstić information content (AvgIpc) is 3.03. The first-order valence-corrected chi connectivity index (χ1v) is 9.20. The molecule has 0 spiro atoms. The van der Waals surface area contributed by atoms with Gasteiger partial charge in [0.1, 0.15) is 6.54 Å². The lowest BCUT2D eigenvalue weighted by Gasteiger charge is -2.19. The van der Waals surface area contributed by atoms with E-state index in [0.29, 0.717) is 17.1 Å². The Bertz CT molecular complexity index is 947. The fourth-order valence-corrected chi connectivity index (χ4v) is 2.96. The Labute approximate surface area is 163 Å². The molecule has 0 unspecified atom stereocenters. The van der Waals surface area contributed by atoms with Crippen LogP contribution < -0.4 is 10.2 Å². The van der Waals surface area contributed by atoms with Crippen LogP contribution in [0.25, 0.3) is 11.4 Å². The van der Waals surface area contributed by atoms with Crippen molar-refractivity contribution in [1.29, 1.82) is 0 Å².